The number of Topliss-reactive ketones (excluding diaryl/α,β-unsaturated/α-hetero) is 1. The van der Waals surface area contributed by atoms with Crippen LogP contribution in [0.2, 0.25) is 0 Å². The first-order valence-corrected chi connectivity index (χ1v) is 11.4. The fraction of sp³-hybridized carbons (Fsp3) is 0.444. The first-order valence-electron chi connectivity index (χ1n) is 11.4. The number of likely N-dealkylation sites (tertiary alicyclic amines) is 1. The number of ketones is 1. The maximum atomic E-state index is 12.7. The van der Waals surface area contributed by atoms with Gasteiger partial charge < -0.3 is 10.2 Å². The summed E-state index contributed by atoms with van der Waals surface area (Å²) in [5, 5.41) is 2.85. The molecule has 5 heteroatoms. The van der Waals surface area contributed by atoms with E-state index in [9.17, 15) is 14.4 Å². The highest BCUT2D eigenvalue weighted by atomic mass is 16.2. The van der Waals surface area contributed by atoms with E-state index in [1.54, 1.807) is 6.92 Å². The Balaban J connectivity index is 1.50. The van der Waals surface area contributed by atoms with Gasteiger partial charge in [-0.15, -0.1) is 0 Å². The second-order valence-electron chi connectivity index (χ2n) is 9.72. The lowest BCUT2D eigenvalue weighted by atomic mass is 9.70. The highest BCUT2D eigenvalue weighted by Crippen LogP contribution is 2.36. The third-order valence-corrected chi connectivity index (χ3v) is 6.61. The van der Waals surface area contributed by atoms with Crippen LogP contribution in [0, 0.1) is 0 Å². The molecule has 1 fully saturated rings. The van der Waals surface area contributed by atoms with Crippen LogP contribution < -0.4 is 5.32 Å². The lowest BCUT2D eigenvalue weighted by Crippen LogP contribution is -2.48. The largest absolute Gasteiger partial charge is 0.352 e. The summed E-state index contributed by atoms with van der Waals surface area (Å²) in [6, 6.07) is 17.5. The van der Waals surface area contributed by atoms with Gasteiger partial charge in [-0.3, -0.25) is 14.4 Å². The van der Waals surface area contributed by atoms with E-state index in [0.29, 0.717) is 38.0 Å². The van der Waals surface area contributed by atoms with Crippen LogP contribution in [0.25, 0.3) is 0 Å². The molecule has 0 spiro atoms. The van der Waals surface area contributed by atoms with Gasteiger partial charge in [0.15, 0.2) is 0 Å². The summed E-state index contributed by atoms with van der Waals surface area (Å²) in [4.78, 5) is 39.4. The van der Waals surface area contributed by atoms with Crippen molar-refractivity contribution >= 4 is 17.6 Å². The number of hydrogen-bond acceptors (Lipinski definition) is 3. The molecule has 0 saturated carbocycles. The minimum atomic E-state index is -0.508. The topological polar surface area (TPSA) is 66.5 Å². The molecule has 32 heavy (non-hydrogen) atoms. The van der Waals surface area contributed by atoms with Gasteiger partial charge in [-0.2, -0.15) is 0 Å². The molecule has 0 aliphatic carbocycles. The normalized spacial score (nSPS) is 15.8. The molecule has 0 radical (unpaired) electrons. The van der Waals surface area contributed by atoms with Crippen molar-refractivity contribution in [3.05, 3.63) is 71.3 Å². The Labute approximate surface area is 191 Å². The molecule has 0 aromatic heterocycles. The fourth-order valence-electron chi connectivity index (χ4n) is 4.40. The van der Waals surface area contributed by atoms with Crippen molar-refractivity contribution in [2.24, 2.45) is 0 Å². The van der Waals surface area contributed by atoms with Crippen molar-refractivity contribution in [3.8, 4) is 0 Å². The molecule has 0 bridgehead atoms. The summed E-state index contributed by atoms with van der Waals surface area (Å²) in [6.07, 6.45) is 1.51. The SMILES string of the molecule is CC(=O)C1(c2ccccc2)CCN(C(=O)CCNC(=O)c2ccc(C(C)(C)C)cc2)CC1. The Bertz CT molecular complexity index is 951. The van der Waals surface area contributed by atoms with Gasteiger partial charge in [-0.05, 0) is 48.4 Å². The van der Waals surface area contributed by atoms with Crippen LogP contribution in [0.15, 0.2) is 54.6 Å². The van der Waals surface area contributed by atoms with E-state index in [1.165, 1.54) is 5.56 Å². The summed E-state index contributed by atoms with van der Waals surface area (Å²) in [5.41, 5.74) is 2.33. The van der Waals surface area contributed by atoms with Gasteiger partial charge in [-0.25, -0.2) is 0 Å². The molecule has 5 nitrogen and oxygen atoms in total. The summed E-state index contributed by atoms with van der Waals surface area (Å²) < 4.78 is 0. The van der Waals surface area contributed by atoms with Crippen LogP contribution in [0.5, 0.6) is 0 Å². The first-order chi connectivity index (χ1) is 15.1. The molecule has 1 N–H and O–H groups in total. The second-order valence-corrected chi connectivity index (χ2v) is 9.72. The monoisotopic (exact) mass is 434 g/mol. The zero-order valence-corrected chi connectivity index (χ0v) is 19.6. The third-order valence-electron chi connectivity index (χ3n) is 6.61. The molecular weight excluding hydrogens is 400 g/mol. The maximum Gasteiger partial charge on any atom is 0.251 e. The summed E-state index contributed by atoms with van der Waals surface area (Å²) in [5.74, 6) is -0.00397. The van der Waals surface area contributed by atoms with Crippen LogP contribution in [0.3, 0.4) is 0 Å². The van der Waals surface area contributed by atoms with E-state index in [4.69, 9.17) is 0 Å². The van der Waals surface area contributed by atoms with Gasteiger partial charge in [0.2, 0.25) is 5.91 Å². The van der Waals surface area contributed by atoms with E-state index in [-0.39, 0.29) is 29.4 Å². The van der Waals surface area contributed by atoms with Gasteiger partial charge in [0.25, 0.3) is 5.91 Å². The zero-order chi connectivity index (χ0) is 23.4. The van der Waals surface area contributed by atoms with Crippen LogP contribution in [0.1, 0.15) is 68.4 Å². The predicted molar refractivity (Wildman–Crippen MR) is 127 cm³/mol. The fourth-order valence-corrected chi connectivity index (χ4v) is 4.40. The van der Waals surface area contributed by atoms with Crippen molar-refractivity contribution in [1.82, 2.24) is 10.2 Å². The van der Waals surface area contributed by atoms with Crippen molar-refractivity contribution in [2.75, 3.05) is 19.6 Å². The van der Waals surface area contributed by atoms with Crippen molar-refractivity contribution in [2.45, 2.75) is 57.8 Å². The molecule has 170 valence electrons. The smallest absolute Gasteiger partial charge is 0.251 e. The number of nitrogens with one attached hydrogen (secondary N) is 1. The molecule has 2 aromatic rings. The predicted octanol–water partition coefficient (Wildman–Crippen LogP) is 4.25. The lowest BCUT2D eigenvalue weighted by Gasteiger charge is -2.40. The molecule has 1 saturated heterocycles. The Morgan fingerprint density at radius 3 is 2.06 bits per heavy atom. The molecule has 1 heterocycles. The Morgan fingerprint density at radius 2 is 1.53 bits per heavy atom. The molecule has 1 aliphatic heterocycles. The Morgan fingerprint density at radius 1 is 0.938 bits per heavy atom. The van der Waals surface area contributed by atoms with E-state index >= 15 is 0 Å². The number of benzene rings is 2. The van der Waals surface area contributed by atoms with Crippen molar-refractivity contribution in [1.29, 1.82) is 0 Å². The maximum absolute atomic E-state index is 12.7. The van der Waals surface area contributed by atoms with E-state index in [0.717, 1.165) is 5.56 Å². The van der Waals surface area contributed by atoms with Crippen molar-refractivity contribution < 1.29 is 14.4 Å². The molecule has 2 amide bonds. The molecular formula is C27H34N2O3. The minimum Gasteiger partial charge on any atom is -0.352 e. The average Bonchev–Trinajstić information content (AvgIpc) is 2.79. The standard InChI is InChI=1S/C27H34N2O3/c1-20(30)27(23-8-6-5-7-9-23)15-18-29(19-16-27)24(31)14-17-28-25(32)21-10-12-22(13-11-21)26(2,3)4/h5-13H,14-19H2,1-4H3,(H,28,32). The first kappa shape index (κ1) is 23.7. The summed E-state index contributed by atoms with van der Waals surface area (Å²) >= 11 is 0. The summed E-state index contributed by atoms with van der Waals surface area (Å²) in [6.45, 7) is 9.45. The Kier molecular flexibility index (Phi) is 7.17. The van der Waals surface area contributed by atoms with Gasteiger partial charge in [-0.1, -0.05) is 63.2 Å². The van der Waals surface area contributed by atoms with E-state index < -0.39 is 5.41 Å². The number of carbonyl (C=O) groups is 3. The number of nitrogens with zero attached hydrogens (tertiary/aromatic N) is 1. The highest BCUT2D eigenvalue weighted by molar-refractivity contribution is 5.94. The average molecular weight is 435 g/mol. The number of carbonyl (C=O) groups excluding carboxylic acids is 3. The molecule has 0 unspecified atom stereocenters. The van der Waals surface area contributed by atoms with Crippen LogP contribution in [0.4, 0.5) is 0 Å². The Hall–Kier alpha value is -2.95. The molecule has 3 rings (SSSR count). The van der Waals surface area contributed by atoms with Gasteiger partial charge >= 0.3 is 0 Å². The second kappa shape index (κ2) is 9.68. The van der Waals surface area contributed by atoms with Crippen LogP contribution in [-0.4, -0.2) is 42.1 Å². The van der Waals surface area contributed by atoms with Gasteiger partial charge in [0.1, 0.15) is 5.78 Å². The van der Waals surface area contributed by atoms with E-state index in [1.807, 2.05) is 59.5 Å². The molecule has 2 aromatic carbocycles. The number of hydrogen-bond donors (Lipinski definition) is 1. The number of amides is 2. The van der Waals surface area contributed by atoms with Crippen LogP contribution in [-0.2, 0) is 20.4 Å². The number of piperidine rings is 1. The third kappa shape index (κ3) is 5.26. The molecule has 1 aliphatic rings. The van der Waals surface area contributed by atoms with E-state index in [2.05, 4.69) is 26.1 Å². The zero-order valence-electron chi connectivity index (χ0n) is 19.6. The van der Waals surface area contributed by atoms with Gasteiger partial charge in [0.05, 0.1) is 5.41 Å². The van der Waals surface area contributed by atoms with Crippen LogP contribution >= 0.6 is 0 Å². The number of rotatable bonds is 6. The van der Waals surface area contributed by atoms with Gasteiger partial charge in [0, 0.05) is 31.6 Å². The minimum absolute atomic E-state index is 0.0126. The highest BCUT2D eigenvalue weighted by Gasteiger charge is 2.41. The quantitative estimate of drug-likeness (QED) is 0.739. The van der Waals surface area contributed by atoms with Crippen molar-refractivity contribution in [3.63, 3.8) is 0 Å². The molecule has 0 atom stereocenters. The lowest BCUT2D eigenvalue weighted by molar-refractivity contribution is -0.135. The summed E-state index contributed by atoms with van der Waals surface area (Å²) in [7, 11) is 0.